The van der Waals surface area contributed by atoms with Crippen molar-refractivity contribution in [2.24, 2.45) is 0 Å². The second-order valence-corrected chi connectivity index (χ2v) is 5.31. The van der Waals surface area contributed by atoms with Crippen molar-refractivity contribution in [3.8, 4) is 5.75 Å². The zero-order valence-corrected chi connectivity index (χ0v) is 11.8. The van der Waals surface area contributed by atoms with Gasteiger partial charge in [-0.15, -0.1) is 0 Å². The van der Waals surface area contributed by atoms with Crippen LogP contribution < -0.4 is 5.32 Å². The van der Waals surface area contributed by atoms with E-state index in [0.717, 1.165) is 43.7 Å². The number of aryl methyl sites for hydroxylation is 2. The summed E-state index contributed by atoms with van der Waals surface area (Å²) in [5, 5.41) is 22.4. The van der Waals surface area contributed by atoms with Crippen molar-refractivity contribution in [2.45, 2.75) is 26.3 Å². The standard InChI is InChI=1S/C15H24N2O2/c1-11-9-13(19)10-12(2)15(11)14(3-8-18)17-6-4-16-5-7-17/h9-10,14,16,18-19H,3-8H2,1-2H3/t14-/m1/s1. The number of hydrogen-bond acceptors (Lipinski definition) is 4. The van der Waals surface area contributed by atoms with Gasteiger partial charge >= 0.3 is 0 Å². The predicted molar refractivity (Wildman–Crippen MR) is 76.5 cm³/mol. The van der Waals surface area contributed by atoms with E-state index < -0.39 is 0 Å². The molecule has 2 rings (SSSR count). The van der Waals surface area contributed by atoms with Gasteiger partial charge in [0, 0.05) is 38.8 Å². The molecule has 0 saturated carbocycles. The lowest BCUT2D eigenvalue weighted by molar-refractivity contribution is 0.140. The minimum Gasteiger partial charge on any atom is -0.508 e. The van der Waals surface area contributed by atoms with Crippen molar-refractivity contribution in [2.75, 3.05) is 32.8 Å². The summed E-state index contributed by atoms with van der Waals surface area (Å²) in [4.78, 5) is 2.43. The first-order chi connectivity index (χ1) is 9.13. The summed E-state index contributed by atoms with van der Waals surface area (Å²) in [7, 11) is 0. The van der Waals surface area contributed by atoms with E-state index in [0.29, 0.717) is 5.75 Å². The molecule has 19 heavy (non-hydrogen) atoms. The van der Waals surface area contributed by atoms with E-state index in [4.69, 9.17) is 0 Å². The Kier molecular flexibility index (Phi) is 4.80. The summed E-state index contributed by atoms with van der Waals surface area (Å²) >= 11 is 0. The number of benzene rings is 1. The summed E-state index contributed by atoms with van der Waals surface area (Å²) in [6, 6.07) is 3.87. The summed E-state index contributed by atoms with van der Waals surface area (Å²) in [5.74, 6) is 0.321. The van der Waals surface area contributed by atoms with Gasteiger partial charge in [-0.1, -0.05) is 0 Å². The van der Waals surface area contributed by atoms with Crippen molar-refractivity contribution in [3.63, 3.8) is 0 Å². The van der Waals surface area contributed by atoms with Crippen LogP contribution in [0.5, 0.6) is 5.75 Å². The van der Waals surface area contributed by atoms with Crippen LogP contribution in [0.2, 0.25) is 0 Å². The average Bonchev–Trinajstić information content (AvgIpc) is 2.37. The van der Waals surface area contributed by atoms with E-state index >= 15 is 0 Å². The van der Waals surface area contributed by atoms with Gasteiger partial charge in [0.1, 0.15) is 5.75 Å². The van der Waals surface area contributed by atoms with E-state index in [1.165, 1.54) is 5.56 Å². The van der Waals surface area contributed by atoms with Crippen LogP contribution in [0.25, 0.3) is 0 Å². The molecule has 1 aliphatic heterocycles. The van der Waals surface area contributed by atoms with Gasteiger partial charge in [0.05, 0.1) is 0 Å². The zero-order chi connectivity index (χ0) is 13.8. The van der Waals surface area contributed by atoms with Crippen LogP contribution >= 0.6 is 0 Å². The molecular formula is C15H24N2O2. The van der Waals surface area contributed by atoms with Crippen molar-refractivity contribution in [1.29, 1.82) is 0 Å². The number of aliphatic hydroxyl groups is 1. The maximum atomic E-state index is 9.67. The molecule has 0 unspecified atom stereocenters. The predicted octanol–water partition coefficient (Wildman–Crippen LogP) is 1.34. The molecule has 0 amide bonds. The molecule has 1 fully saturated rings. The monoisotopic (exact) mass is 264 g/mol. The normalized spacial score (nSPS) is 18.5. The summed E-state index contributed by atoms with van der Waals surface area (Å²) in [5.41, 5.74) is 3.47. The minimum atomic E-state index is 0.189. The quantitative estimate of drug-likeness (QED) is 0.768. The van der Waals surface area contributed by atoms with Gasteiger partial charge in [0.15, 0.2) is 0 Å². The molecule has 4 heteroatoms. The molecular weight excluding hydrogens is 240 g/mol. The van der Waals surface area contributed by atoms with E-state index in [-0.39, 0.29) is 12.6 Å². The number of piperazine rings is 1. The van der Waals surface area contributed by atoms with E-state index in [9.17, 15) is 10.2 Å². The van der Waals surface area contributed by atoms with Crippen LogP contribution in [0.3, 0.4) is 0 Å². The lowest BCUT2D eigenvalue weighted by atomic mass is 9.92. The van der Waals surface area contributed by atoms with Gasteiger partial charge < -0.3 is 15.5 Å². The first-order valence-corrected chi connectivity index (χ1v) is 6.99. The van der Waals surface area contributed by atoms with E-state index in [1.807, 2.05) is 26.0 Å². The number of nitrogens with one attached hydrogen (secondary N) is 1. The Labute approximate surface area is 115 Å². The van der Waals surface area contributed by atoms with Crippen molar-refractivity contribution in [3.05, 3.63) is 28.8 Å². The first-order valence-electron chi connectivity index (χ1n) is 6.99. The first kappa shape index (κ1) is 14.3. The molecule has 1 aromatic rings. The highest BCUT2D eigenvalue weighted by Gasteiger charge is 2.24. The summed E-state index contributed by atoms with van der Waals surface area (Å²) in [6.07, 6.45) is 0.743. The third-order valence-electron chi connectivity index (χ3n) is 3.91. The molecule has 1 atom stereocenters. The fourth-order valence-electron chi connectivity index (χ4n) is 3.10. The number of rotatable bonds is 4. The highest BCUT2D eigenvalue weighted by atomic mass is 16.3. The van der Waals surface area contributed by atoms with Crippen molar-refractivity contribution < 1.29 is 10.2 Å². The van der Waals surface area contributed by atoms with Crippen LogP contribution in [0.1, 0.15) is 29.2 Å². The molecule has 0 aromatic heterocycles. The lowest BCUT2D eigenvalue weighted by Crippen LogP contribution is -2.45. The molecule has 1 aromatic carbocycles. The number of phenols is 1. The highest BCUT2D eigenvalue weighted by molar-refractivity contribution is 5.42. The fraction of sp³-hybridized carbons (Fsp3) is 0.600. The molecule has 0 aliphatic carbocycles. The Bertz CT molecular complexity index is 405. The third-order valence-corrected chi connectivity index (χ3v) is 3.91. The summed E-state index contributed by atoms with van der Waals surface area (Å²) < 4.78 is 0. The van der Waals surface area contributed by atoms with Crippen molar-refractivity contribution >= 4 is 0 Å². The number of aliphatic hydroxyl groups excluding tert-OH is 1. The van der Waals surface area contributed by atoms with Gasteiger partial charge in [0.2, 0.25) is 0 Å². The Morgan fingerprint density at radius 2 is 1.79 bits per heavy atom. The fourth-order valence-corrected chi connectivity index (χ4v) is 3.10. The van der Waals surface area contributed by atoms with Crippen LogP contribution in [0.4, 0.5) is 0 Å². The van der Waals surface area contributed by atoms with Crippen LogP contribution in [0.15, 0.2) is 12.1 Å². The molecule has 0 spiro atoms. The van der Waals surface area contributed by atoms with Gasteiger partial charge in [-0.3, -0.25) is 4.90 Å². The molecule has 1 saturated heterocycles. The highest BCUT2D eigenvalue weighted by Crippen LogP contribution is 2.32. The Morgan fingerprint density at radius 3 is 2.32 bits per heavy atom. The molecule has 0 bridgehead atoms. The Balaban J connectivity index is 2.32. The van der Waals surface area contributed by atoms with Gasteiger partial charge in [-0.05, 0) is 49.1 Å². The second kappa shape index (κ2) is 6.37. The maximum absolute atomic E-state index is 9.67. The SMILES string of the molecule is Cc1cc(O)cc(C)c1[C@@H](CCO)N1CCNCC1. The van der Waals surface area contributed by atoms with Gasteiger partial charge in [0.25, 0.3) is 0 Å². The largest absolute Gasteiger partial charge is 0.508 e. The van der Waals surface area contributed by atoms with Gasteiger partial charge in [-0.2, -0.15) is 0 Å². The molecule has 4 nitrogen and oxygen atoms in total. The van der Waals surface area contributed by atoms with Crippen molar-refractivity contribution in [1.82, 2.24) is 10.2 Å². The number of nitrogens with zero attached hydrogens (tertiary/aromatic N) is 1. The maximum Gasteiger partial charge on any atom is 0.116 e. The molecule has 106 valence electrons. The lowest BCUT2D eigenvalue weighted by Gasteiger charge is -2.36. The topological polar surface area (TPSA) is 55.7 Å². The van der Waals surface area contributed by atoms with E-state index in [2.05, 4.69) is 10.2 Å². The molecule has 0 radical (unpaired) electrons. The second-order valence-electron chi connectivity index (χ2n) is 5.31. The third kappa shape index (κ3) is 3.26. The van der Waals surface area contributed by atoms with Gasteiger partial charge in [-0.25, -0.2) is 0 Å². The smallest absolute Gasteiger partial charge is 0.116 e. The number of phenolic OH excluding ortho intramolecular Hbond substituents is 1. The molecule has 1 heterocycles. The molecule has 3 N–H and O–H groups in total. The zero-order valence-electron chi connectivity index (χ0n) is 11.8. The number of hydrogen-bond donors (Lipinski definition) is 3. The Hall–Kier alpha value is -1.10. The minimum absolute atomic E-state index is 0.189. The Morgan fingerprint density at radius 1 is 1.21 bits per heavy atom. The van der Waals surface area contributed by atoms with E-state index in [1.54, 1.807) is 0 Å². The van der Waals surface area contributed by atoms with Crippen LogP contribution in [-0.4, -0.2) is 47.9 Å². The van der Waals surface area contributed by atoms with Crippen LogP contribution in [0, 0.1) is 13.8 Å². The number of aromatic hydroxyl groups is 1. The average molecular weight is 264 g/mol. The van der Waals surface area contributed by atoms with Crippen LogP contribution in [-0.2, 0) is 0 Å². The summed E-state index contributed by atoms with van der Waals surface area (Å²) in [6.45, 7) is 8.27. The molecule has 1 aliphatic rings.